The topological polar surface area (TPSA) is 53.4 Å². The summed E-state index contributed by atoms with van der Waals surface area (Å²) in [4.78, 5) is 17.9. The van der Waals surface area contributed by atoms with Gasteiger partial charge in [-0.15, -0.1) is 0 Å². The minimum absolute atomic E-state index is 0.104. The van der Waals surface area contributed by atoms with Gasteiger partial charge in [0.25, 0.3) is 0 Å². The van der Waals surface area contributed by atoms with Gasteiger partial charge in [-0.1, -0.05) is 17.8 Å². The van der Waals surface area contributed by atoms with E-state index < -0.39 is 6.10 Å². The van der Waals surface area contributed by atoms with Gasteiger partial charge in [0.05, 0.1) is 11.9 Å². The van der Waals surface area contributed by atoms with Gasteiger partial charge in [-0.2, -0.15) is 0 Å². The van der Waals surface area contributed by atoms with E-state index in [9.17, 15) is 9.90 Å². The Morgan fingerprint density at radius 2 is 2.17 bits per heavy atom. The number of amides is 1. The van der Waals surface area contributed by atoms with Crippen LogP contribution in [-0.4, -0.2) is 39.7 Å². The largest absolute Gasteiger partial charge is 0.389 e. The summed E-state index contributed by atoms with van der Waals surface area (Å²) < 4.78 is 0. The number of carbonyl (C=O) groups excluding carboxylic acids is 1. The molecule has 0 bridgehead atoms. The Morgan fingerprint density at radius 3 is 2.72 bits per heavy atom. The molecule has 1 atom stereocenters. The Hall–Kier alpha value is -1.07. The van der Waals surface area contributed by atoms with Crippen molar-refractivity contribution in [2.24, 2.45) is 0 Å². The molecule has 4 nitrogen and oxygen atoms in total. The molecule has 0 saturated carbocycles. The molecular formula is C13H20N2O2S. The third kappa shape index (κ3) is 3.99. The van der Waals surface area contributed by atoms with Crippen molar-refractivity contribution >= 4 is 17.7 Å². The number of aliphatic hydroxyl groups is 1. The van der Waals surface area contributed by atoms with Gasteiger partial charge in [0.2, 0.25) is 5.91 Å². The highest BCUT2D eigenvalue weighted by atomic mass is 32.2. The Morgan fingerprint density at radius 1 is 1.50 bits per heavy atom. The molecule has 0 fully saturated rings. The Labute approximate surface area is 112 Å². The van der Waals surface area contributed by atoms with Gasteiger partial charge in [0, 0.05) is 24.8 Å². The molecule has 0 unspecified atom stereocenters. The van der Waals surface area contributed by atoms with E-state index in [2.05, 4.69) is 4.98 Å². The lowest BCUT2D eigenvalue weighted by Crippen LogP contribution is -2.31. The van der Waals surface area contributed by atoms with E-state index in [4.69, 9.17) is 0 Å². The fourth-order valence-corrected chi connectivity index (χ4v) is 2.62. The van der Waals surface area contributed by atoms with Crippen LogP contribution in [0.4, 0.5) is 0 Å². The molecule has 1 amide bonds. The van der Waals surface area contributed by atoms with Crippen LogP contribution in [-0.2, 0) is 4.79 Å². The summed E-state index contributed by atoms with van der Waals surface area (Å²) in [5, 5.41) is 10.4. The maximum Gasteiger partial charge on any atom is 0.232 e. The summed E-state index contributed by atoms with van der Waals surface area (Å²) in [6.45, 7) is 7.08. The highest BCUT2D eigenvalue weighted by Crippen LogP contribution is 2.25. The zero-order valence-electron chi connectivity index (χ0n) is 11.1. The second-order valence-electron chi connectivity index (χ2n) is 3.93. The van der Waals surface area contributed by atoms with Crippen molar-refractivity contribution < 1.29 is 9.90 Å². The molecular weight excluding hydrogens is 248 g/mol. The second kappa shape index (κ2) is 7.38. The molecule has 0 aliphatic rings. The number of thioether (sulfide) groups is 1. The van der Waals surface area contributed by atoms with Gasteiger partial charge in [0.15, 0.2) is 0 Å². The summed E-state index contributed by atoms with van der Waals surface area (Å²) in [6, 6.07) is 3.63. The number of aliphatic hydroxyl groups excluding tert-OH is 1. The first kappa shape index (κ1) is 15.0. The molecule has 1 aromatic heterocycles. The molecule has 0 spiro atoms. The van der Waals surface area contributed by atoms with Crippen molar-refractivity contribution in [2.75, 3.05) is 18.8 Å². The van der Waals surface area contributed by atoms with E-state index in [-0.39, 0.29) is 5.91 Å². The van der Waals surface area contributed by atoms with Gasteiger partial charge in [-0.3, -0.25) is 4.79 Å². The fourth-order valence-electron chi connectivity index (χ4n) is 1.64. The van der Waals surface area contributed by atoms with Gasteiger partial charge in [-0.05, 0) is 26.8 Å². The molecule has 0 aliphatic heterocycles. The predicted octanol–water partition coefficient (Wildman–Crippen LogP) is 2.10. The number of nitrogens with zero attached hydrogens (tertiary/aromatic N) is 2. The average molecular weight is 268 g/mol. The molecule has 0 aliphatic carbocycles. The highest BCUT2D eigenvalue weighted by Gasteiger charge is 2.13. The monoisotopic (exact) mass is 268 g/mol. The molecule has 18 heavy (non-hydrogen) atoms. The molecule has 0 saturated heterocycles. The molecule has 1 rings (SSSR count). The van der Waals surface area contributed by atoms with Crippen LogP contribution in [0.25, 0.3) is 0 Å². The molecule has 1 heterocycles. The van der Waals surface area contributed by atoms with E-state index >= 15 is 0 Å². The van der Waals surface area contributed by atoms with Gasteiger partial charge < -0.3 is 10.0 Å². The number of carbonyl (C=O) groups is 1. The van der Waals surface area contributed by atoms with Crippen LogP contribution >= 0.6 is 11.8 Å². The minimum atomic E-state index is -0.565. The molecule has 5 heteroatoms. The Balaban J connectivity index is 2.66. The highest BCUT2D eigenvalue weighted by molar-refractivity contribution is 7.99. The normalized spacial score (nSPS) is 12.2. The summed E-state index contributed by atoms with van der Waals surface area (Å²) in [5.74, 6) is 0.463. The van der Waals surface area contributed by atoms with Crippen molar-refractivity contribution in [1.29, 1.82) is 0 Å². The first-order valence-electron chi connectivity index (χ1n) is 6.13. The zero-order chi connectivity index (χ0) is 13.5. The average Bonchev–Trinajstić information content (AvgIpc) is 2.38. The Bertz CT molecular complexity index is 392. The van der Waals surface area contributed by atoms with E-state index in [1.165, 1.54) is 11.8 Å². The molecule has 0 aromatic carbocycles. The lowest BCUT2D eigenvalue weighted by Gasteiger charge is -2.18. The van der Waals surface area contributed by atoms with Crippen molar-refractivity contribution in [3.63, 3.8) is 0 Å². The number of hydrogen-bond acceptors (Lipinski definition) is 4. The maximum absolute atomic E-state index is 11.9. The third-order valence-corrected chi connectivity index (χ3v) is 3.71. The smallest absolute Gasteiger partial charge is 0.232 e. The summed E-state index contributed by atoms with van der Waals surface area (Å²) >= 11 is 1.38. The summed E-state index contributed by atoms with van der Waals surface area (Å²) in [6.07, 6.45) is 1.11. The zero-order valence-corrected chi connectivity index (χ0v) is 11.9. The van der Waals surface area contributed by atoms with Crippen molar-refractivity contribution in [3.8, 4) is 0 Å². The van der Waals surface area contributed by atoms with Crippen LogP contribution in [0.3, 0.4) is 0 Å². The summed E-state index contributed by atoms with van der Waals surface area (Å²) in [5.41, 5.74) is 0.773. The quantitative estimate of drug-likeness (QED) is 0.803. The van der Waals surface area contributed by atoms with Crippen LogP contribution in [0, 0.1) is 0 Å². The number of rotatable bonds is 6. The number of pyridine rings is 1. The first-order chi connectivity index (χ1) is 8.60. The predicted molar refractivity (Wildman–Crippen MR) is 73.5 cm³/mol. The van der Waals surface area contributed by atoms with Crippen molar-refractivity contribution in [1.82, 2.24) is 9.88 Å². The molecule has 0 radical (unpaired) electrons. The summed E-state index contributed by atoms with van der Waals surface area (Å²) in [7, 11) is 0. The minimum Gasteiger partial charge on any atom is -0.389 e. The first-order valence-corrected chi connectivity index (χ1v) is 7.12. The fraction of sp³-hybridized carbons (Fsp3) is 0.538. The van der Waals surface area contributed by atoms with Crippen LogP contribution in [0.15, 0.2) is 23.4 Å². The molecule has 1 aromatic rings. The van der Waals surface area contributed by atoms with E-state index in [0.29, 0.717) is 5.75 Å². The maximum atomic E-state index is 11.9. The lowest BCUT2D eigenvalue weighted by atomic mass is 10.2. The van der Waals surface area contributed by atoms with Gasteiger partial charge >= 0.3 is 0 Å². The number of hydrogen-bond donors (Lipinski definition) is 1. The molecule has 1 N–H and O–H groups in total. The van der Waals surface area contributed by atoms with Gasteiger partial charge in [-0.25, -0.2) is 4.98 Å². The number of aromatic nitrogens is 1. The van der Waals surface area contributed by atoms with E-state index in [0.717, 1.165) is 23.7 Å². The molecule has 100 valence electrons. The van der Waals surface area contributed by atoms with E-state index in [1.54, 1.807) is 24.1 Å². The lowest BCUT2D eigenvalue weighted by molar-refractivity contribution is -0.127. The van der Waals surface area contributed by atoms with Crippen molar-refractivity contribution in [2.45, 2.75) is 31.9 Å². The van der Waals surface area contributed by atoms with Gasteiger partial charge in [0.1, 0.15) is 5.03 Å². The SMILES string of the molecule is CCN(CC)C(=O)CSc1ncccc1[C@H](C)O. The van der Waals surface area contributed by atoms with Crippen molar-refractivity contribution in [3.05, 3.63) is 23.9 Å². The van der Waals surface area contributed by atoms with Crippen LogP contribution in [0.2, 0.25) is 0 Å². The standard InChI is InChI=1S/C13H20N2O2S/c1-4-15(5-2)12(17)9-18-13-11(10(3)16)7-6-8-14-13/h6-8,10,16H,4-5,9H2,1-3H3/t10-/m0/s1. The third-order valence-electron chi connectivity index (χ3n) is 2.70. The van der Waals surface area contributed by atoms with Crippen LogP contribution in [0.5, 0.6) is 0 Å². The Kier molecular flexibility index (Phi) is 6.15. The van der Waals surface area contributed by atoms with E-state index in [1.807, 2.05) is 19.9 Å². The van der Waals surface area contributed by atoms with Crippen LogP contribution < -0.4 is 0 Å². The van der Waals surface area contributed by atoms with Crippen LogP contribution in [0.1, 0.15) is 32.4 Å². The second-order valence-corrected chi connectivity index (χ2v) is 4.89.